The molecule has 3 nitrogen and oxygen atoms in total. The third-order valence-electron chi connectivity index (χ3n) is 5.85. The molecule has 7 aromatic rings. The van der Waals surface area contributed by atoms with Crippen LogP contribution in [0.1, 0.15) is 0 Å². The summed E-state index contributed by atoms with van der Waals surface area (Å²) < 4.78 is 2.34. The summed E-state index contributed by atoms with van der Waals surface area (Å²) in [6, 6.07) is 24.0. The normalized spacial score (nSPS) is 12.4. The minimum atomic E-state index is 1.00. The Labute approximate surface area is 153 Å². The summed E-state index contributed by atoms with van der Waals surface area (Å²) in [5.74, 6) is 0. The van der Waals surface area contributed by atoms with Gasteiger partial charge in [0.05, 0.1) is 28.3 Å². The van der Waals surface area contributed by atoms with Gasteiger partial charge in [0.15, 0.2) is 0 Å². The predicted molar refractivity (Wildman–Crippen MR) is 112 cm³/mol. The van der Waals surface area contributed by atoms with Crippen molar-refractivity contribution in [3.63, 3.8) is 0 Å². The van der Waals surface area contributed by atoms with Gasteiger partial charge in [-0.25, -0.2) is 9.97 Å². The largest absolute Gasteiger partial charge is 0.305 e. The zero-order valence-corrected chi connectivity index (χ0v) is 14.3. The molecule has 0 radical (unpaired) electrons. The van der Waals surface area contributed by atoms with Gasteiger partial charge in [-0.2, -0.15) is 0 Å². The van der Waals surface area contributed by atoms with Crippen molar-refractivity contribution in [3.05, 3.63) is 79.3 Å². The van der Waals surface area contributed by atoms with Crippen LogP contribution in [-0.2, 0) is 0 Å². The second-order valence-corrected chi connectivity index (χ2v) is 7.14. The fourth-order valence-electron chi connectivity index (χ4n) is 4.78. The van der Waals surface area contributed by atoms with E-state index in [2.05, 4.69) is 76.1 Å². The molecule has 0 atom stereocenters. The van der Waals surface area contributed by atoms with Crippen LogP contribution in [0.25, 0.3) is 59.8 Å². The van der Waals surface area contributed by atoms with Gasteiger partial charge in [0.1, 0.15) is 6.33 Å². The van der Waals surface area contributed by atoms with Gasteiger partial charge >= 0.3 is 0 Å². The summed E-state index contributed by atoms with van der Waals surface area (Å²) in [7, 11) is 0. The molecule has 0 aliphatic heterocycles. The van der Waals surface area contributed by atoms with Crippen LogP contribution in [0.2, 0.25) is 0 Å². The monoisotopic (exact) mass is 343 g/mol. The molecule has 0 fully saturated rings. The van der Waals surface area contributed by atoms with Gasteiger partial charge in [-0.05, 0) is 28.3 Å². The van der Waals surface area contributed by atoms with Crippen molar-refractivity contribution in [1.82, 2.24) is 14.4 Å². The molecule has 124 valence electrons. The molecule has 0 saturated carbocycles. The first-order chi connectivity index (χ1) is 13.4. The summed E-state index contributed by atoms with van der Waals surface area (Å²) in [5, 5.41) is 8.84. The van der Waals surface area contributed by atoms with E-state index in [9.17, 15) is 0 Å². The second-order valence-electron chi connectivity index (χ2n) is 7.14. The number of fused-ring (bicyclic) bond motifs is 8. The number of aromatic nitrogens is 3. The third kappa shape index (κ3) is 1.50. The van der Waals surface area contributed by atoms with Gasteiger partial charge in [0.2, 0.25) is 0 Å². The lowest BCUT2D eigenvalue weighted by atomic mass is 9.95. The van der Waals surface area contributed by atoms with Crippen LogP contribution in [0.3, 0.4) is 0 Å². The number of hydrogen-bond acceptors (Lipinski definition) is 2. The molecular formula is C24H13N3. The SMILES string of the molecule is c1ccc2c(c1)cc1c3ncncc3n3c4ccccc4c4ccc2c1c43. The first kappa shape index (κ1) is 13.5. The highest BCUT2D eigenvalue weighted by Crippen LogP contribution is 2.42. The molecule has 0 spiro atoms. The highest BCUT2D eigenvalue weighted by molar-refractivity contribution is 6.32. The maximum atomic E-state index is 4.69. The molecule has 0 aliphatic carbocycles. The predicted octanol–water partition coefficient (Wildman–Crippen LogP) is 5.93. The number of pyridine rings is 1. The minimum absolute atomic E-state index is 1.00. The zero-order valence-electron chi connectivity index (χ0n) is 14.3. The lowest BCUT2D eigenvalue weighted by molar-refractivity contribution is 1.19. The van der Waals surface area contributed by atoms with Crippen LogP contribution in [0, 0.1) is 0 Å². The molecular weight excluding hydrogens is 330 g/mol. The topological polar surface area (TPSA) is 30.2 Å². The van der Waals surface area contributed by atoms with Gasteiger partial charge in [-0.15, -0.1) is 0 Å². The summed E-state index contributed by atoms with van der Waals surface area (Å²) in [6.45, 7) is 0. The van der Waals surface area contributed by atoms with Crippen molar-refractivity contribution in [2.75, 3.05) is 0 Å². The van der Waals surface area contributed by atoms with Crippen LogP contribution in [0.15, 0.2) is 79.3 Å². The maximum absolute atomic E-state index is 4.69. The molecule has 7 rings (SSSR count). The van der Waals surface area contributed by atoms with Crippen molar-refractivity contribution in [3.8, 4) is 0 Å². The first-order valence-corrected chi connectivity index (χ1v) is 9.10. The fourth-order valence-corrected chi connectivity index (χ4v) is 4.78. The van der Waals surface area contributed by atoms with Crippen molar-refractivity contribution < 1.29 is 0 Å². The number of rotatable bonds is 0. The standard InChI is InChI=1S/C24H13N3/c1-2-6-15-14(5-1)11-19-22-17(15)9-10-18-16-7-3-4-8-20(16)27(24(18)22)21-12-25-13-26-23(19)21/h1-13H. The van der Waals surface area contributed by atoms with E-state index in [1.54, 1.807) is 6.33 Å². The van der Waals surface area contributed by atoms with Crippen molar-refractivity contribution in [1.29, 1.82) is 0 Å². The van der Waals surface area contributed by atoms with Gasteiger partial charge in [0.25, 0.3) is 0 Å². The average molecular weight is 343 g/mol. The lowest BCUT2D eigenvalue weighted by Gasteiger charge is -2.13. The summed E-state index contributed by atoms with van der Waals surface area (Å²) in [4.78, 5) is 9.03. The third-order valence-corrected chi connectivity index (χ3v) is 5.85. The van der Waals surface area contributed by atoms with Crippen LogP contribution in [0.4, 0.5) is 0 Å². The molecule has 3 heteroatoms. The maximum Gasteiger partial charge on any atom is 0.116 e. The van der Waals surface area contributed by atoms with Crippen LogP contribution < -0.4 is 0 Å². The molecule has 0 N–H and O–H groups in total. The van der Waals surface area contributed by atoms with Gasteiger partial charge in [-0.3, -0.25) is 0 Å². The Kier molecular flexibility index (Phi) is 2.25. The van der Waals surface area contributed by atoms with Gasteiger partial charge in [0, 0.05) is 21.5 Å². The molecule has 0 aliphatic rings. The molecule has 27 heavy (non-hydrogen) atoms. The van der Waals surface area contributed by atoms with E-state index in [-0.39, 0.29) is 0 Å². The van der Waals surface area contributed by atoms with E-state index in [0.717, 1.165) is 11.0 Å². The van der Waals surface area contributed by atoms with E-state index in [4.69, 9.17) is 4.98 Å². The zero-order chi connectivity index (χ0) is 17.5. The Balaban J connectivity index is 1.99. The van der Waals surface area contributed by atoms with Crippen molar-refractivity contribution >= 4 is 59.8 Å². The Morgan fingerprint density at radius 2 is 1.48 bits per heavy atom. The van der Waals surface area contributed by atoms with E-state index >= 15 is 0 Å². The van der Waals surface area contributed by atoms with E-state index < -0.39 is 0 Å². The number of hydrogen-bond donors (Lipinski definition) is 0. The van der Waals surface area contributed by atoms with E-state index in [1.165, 1.54) is 48.7 Å². The minimum Gasteiger partial charge on any atom is -0.305 e. The highest BCUT2D eigenvalue weighted by atomic mass is 14.9. The first-order valence-electron chi connectivity index (χ1n) is 9.10. The smallest absolute Gasteiger partial charge is 0.116 e. The number of para-hydroxylation sites is 1. The quantitative estimate of drug-likeness (QED) is 0.252. The van der Waals surface area contributed by atoms with Gasteiger partial charge < -0.3 is 4.40 Å². The molecule has 4 aromatic carbocycles. The number of benzene rings is 4. The molecule has 3 aromatic heterocycles. The molecule has 0 unspecified atom stereocenters. The second kappa shape index (κ2) is 4.51. The number of nitrogens with zero attached hydrogens (tertiary/aromatic N) is 3. The van der Waals surface area contributed by atoms with Crippen LogP contribution >= 0.6 is 0 Å². The van der Waals surface area contributed by atoms with Crippen LogP contribution in [-0.4, -0.2) is 14.4 Å². The Morgan fingerprint density at radius 3 is 2.44 bits per heavy atom. The molecule has 0 saturated heterocycles. The summed E-state index contributed by atoms with van der Waals surface area (Å²) in [5.41, 5.74) is 4.52. The Hall–Kier alpha value is -3.72. The van der Waals surface area contributed by atoms with Crippen LogP contribution in [0.5, 0.6) is 0 Å². The Morgan fingerprint density at radius 1 is 0.667 bits per heavy atom. The molecule has 0 bridgehead atoms. The molecule has 3 heterocycles. The highest BCUT2D eigenvalue weighted by Gasteiger charge is 2.19. The van der Waals surface area contributed by atoms with E-state index in [0.29, 0.717) is 0 Å². The lowest BCUT2D eigenvalue weighted by Crippen LogP contribution is -1.95. The Bertz CT molecular complexity index is 1670. The summed E-state index contributed by atoms with van der Waals surface area (Å²) >= 11 is 0. The van der Waals surface area contributed by atoms with Crippen molar-refractivity contribution in [2.45, 2.75) is 0 Å². The fraction of sp³-hybridized carbons (Fsp3) is 0. The van der Waals surface area contributed by atoms with Gasteiger partial charge in [-0.1, -0.05) is 54.6 Å². The van der Waals surface area contributed by atoms with E-state index in [1.807, 2.05) is 6.20 Å². The summed E-state index contributed by atoms with van der Waals surface area (Å²) in [6.07, 6.45) is 3.59. The van der Waals surface area contributed by atoms with Crippen molar-refractivity contribution in [2.24, 2.45) is 0 Å². The molecule has 0 amide bonds. The average Bonchev–Trinajstić information content (AvgIpc) is 3.08.